The van der Waals surface area contributed by atoms with Gasteiger partial charge < -0.3 is 4.90 Å². The van der Waals surface area contributed by atoms with Crippen LogP contribution in [0.15, 0.2) is 24.3 Å². The molecule has 24 heavy (non-hydrogen) atoms. The third-order valence-electron chi connectivity index (χ3n) is 4.45. The zero-order valence-electron chi connectivity index (χ0n) is 13.6. The Bertz CT molecular complexity index is 691. The van der Waals surface area contributed by atoms with Gasteiger partial charge in [-0.3, -0.25) is 24.5 Å². The predicted molar refractivity (Wildman–Crippen MR) is 86.2 cm³/mol. The number of ketones is 1. The second kappa shape index (κ2) is 6.55. The normalized spacial score (nSPS) is 20.0. The van der Waals surface area contributed by atoms with E-state index in [1.807, 2.05) is 19.1 Å². The highest BCUT2D eigenvalue weighted by molar-refractivity contribution is 6.07. The van der Waals surface area contributed by atoms with Crippen LogP contribution in [0, 0.1) is 6.92 Å². The molecule has 1 aromatic carbocycles. The van der Waals surface area contributed by atoms with Crippen molar-refractivity contribution in [2.24, 2.45) is 0 Å². The Morgan fingerprint density at radius 1 is 1.12 bits per heavy atom. The number of Topliss-reactive ketones (excluding diaryl/α,β-unsaturated/α-hetero) is 1. The van der Waals surface area contributed by atoms with E-state index in [1.54, 1.807) is 12.1 Å². The molecule has 1 saturated heterocycles. The van der Waals surface area contributed by atoms with Gasteiger partial charge in [-0.1, -0.05) is 29.8 Å². The van der Waals surface area contributed by atoms with Gasteiger partial charge in [0.2, 0.25) is 17.7 Å². The lowest BCUT2D eigenvalue weighted by Gasteiger charge is -2.26. The fourth-order valence-corrected chi connectivity index (χ4v) is 2.98. The smallest absolute Gasteiger partial charge is 0.249 e. The third kappa shape index (κ3) is 3.53. The lowest BCUT2D eigenvalue weighted by Crippen LogP contribution is -2.46. The molecule has 0 bridgehead atoms. The zero-order valence-corrected chi connectivity index (χ0v) is 13.6. The molecule has 6 heteroatoms. The lowest BCUT2D eigenvalue weighted by molar-refractivity contribution is -0.139. The SMILES string of the molecule is Cc1ccc(C(=O)CCC(=O)N(C2CC2)C2CC(=O)NC2=O)cc1. The summed E-state index contributed by atoms with van der Waals surface area (Å²) in [6.45, 7) is 1.94. The molecular formula is C18H20N2O4. The van der Waals surface area contributed by atoms with Crippen LogP contribution in [0.2, 0.25) is 0 Å². The summed E-state index contributed by atoms with van der Waals surface area (Å²) < 4.78 is 0. The molecule has 1 heterocycles. The van der Waals surface area contributed by atoms with Gasteiger partial charge in [-0.15, -0.1) is 0 Å². The van der Waals surface area contributed by atoms with Crippen LogP contribution in [0.1, 0.15) is 48.0 Å². The molecule has 0 spiro atoms. The Morgan fingerprint density at radius 2 is 1.79 bits per heavy atom. The van der Waals surface area contributed by atoms with Crippen molar-refractivity contribution >= 4 is 23.5 Å². The molecule has 1 aliphatic carbocycles. The van der Waals surface area contributed by atoms with Crippen LogP contribution < -0.4 is 5.32 Å². The first kappa shape index (κ1) is 16.4. The highest BCUT2D eigenvalue weighted by atomic mass is 16.2. The van der Waals surface area contributed by atoms with Crippen molar-refractivity contribution in [1.82, 2.24) is 10.2 Å². The summed E-state index contributed by atoms with van der Waals surface area (Å²) in [6.07, 6.45) is 1.87. The van der Waals surface area contributed by atoms with Gasteiger partial charge in [0.1, 0.15) is 6.04 Å². The highest BCUT2D eigenvalue weighted by Gasteiger charge is 2.44. The molecule has 1 aromatic rings. The van der Waals surface area contributed by atoms with E-state index < -0.39 is 11.9 Å². The van der Waals surface area contributed by atoms with Gasteiger partial charge in [0.05, 0.1) is 6.42 Å². The molecule has 6 nitrogen and oxygen atoms in total. The Morgan fingerprint density at radius 3 is 2.33 bits per heavy atom. The summed E-state index contributed by atoms with van der Waals surface area (Å²) in [5, 5.41) is 2.24. The van der Waals surface area contributed by atoms with Gasteiger partial charge in [0.15, 0.2) is 5.78 Å². The Kier molecular flexibility index (Phi) is 4.46. The van der Waals surface area contributed by atoms with E-state index in [0.29, 0.717) is 5.56 Å². The molecule has 2 aliphatic rings. The Balaban J connectivity index is 1.62. The minimum absolute atomic E-state index is 0.0208. The van der Waals surface area contributed by atoms with Gasteiger partial charge in [0, 0.05) is 24.4 Å². The molecule has 2 fully saturated rings. The average Bonchev–Trinajstić information content (AvgIpc) is 3.31. The summed E-state index contributed by atoms with van der Waals surface area (Å²) in [6, 6.07) is 6.54. The van der Waals surface area contributed by atoms with E-state index in [0.717, 1.165) is 18.4 Å². The number of hydrogen-bond donors (Lipinski definition) is 1. The minimum Gasteiger partial charge on any atom is -0.327 e. The van der Waals surface area contributed by atoms with E-state index in [1.165, 1.54) is 4.90 Å². The van der Waals surface area contributed by atoms with Gasteiger partial charge in [-0.25, -0.2) is 0 Å². The molecule has 1 atom stereocenters. The molecule has 1 N–H and O–H groups in total. The van der Waals surface area contributed by atoms with Crippen molar-refractivity contribution in [2.45, 2.75) is 51.1 Å². The Hall–Kier alpha value is -2.50. The number of nitrogens with one attached hydrogen (secondary N) is 1. The molecule has 126 valence electrons. The maximum atomic E-state index is 12.5. The first-order chi connectivity index (χ1) is 11.5. The summed E-state index contributed by atoms with van der Waals surface area (Å²) in [4.78, 5) is 49.5. The van der Waals surface area contributed by atoms with Crippen LogP contribution in [0.25, 0.3) is 0 Å². The van der Waals surface area contributed by atoms with Crippen molar-refractivity contribution in [1.29, 1.82) is 0 Å². The van der Waals surface area contributed by atoms with E-state index >= 15 is 0 Å². The van der Waals surface area contributed by atoms with E-state index in [4.69, 9.17) is 0 Å². The molecule has 0 aromatic heterocycles. The van der Waals surface area contributed by atoms with Gasteiger partial charge >= 0.3 is 0 Å². The highest BCUT2D eigenvalue weighted by Crippen LogP contribution is 2.31. The molecule has 0 radical (unpaired) electrons. The number of rotatable bonds is 6. The van der Waals surface area contributed by atoms with Gasteiger partial charge in [-0.05, 0) is 19.8 Å². The van der Waals surface area contributed by atoms with Crippen molar-refractivity contribution in [2.75, 3.05) is 0 Å². The Labute approximate surface area is 140 Å². The first-order valence-electron chi connectivity index (χ1n) is 8.20. The van der Waals surface area contributed by atoms with Crippen LogP contribution >= 0.6 is 0 Å². The molecule has 1 unspecified atom stereocenters. The summed E-state index contributed by atoms with van der Waals surface area (Å²) in [5.74, 6) is -1.08. The van der Waals surface area contributed by atoms with Gasteiger partial charge in [0.25, 0.3) is 0 Å². The van der Waals surface area contributed by atoms with E-state index in [-0.39, 0.29) is 42.9 Å². The number of hydrogen-bond acceptors (Lipinski definition) is 4. The predicted octanol–water partition coefficient (Wildman–Crippen LogP) is 1.36. The second-order valence-electron chi connectivity index (χ2n) is 6.45. The van der Waals surface area contributed by atoms with Crippen molar-refractivity contribution in [3.63, 3.8) is 0 Å². The number of aryl methyl sites for hydroxylation is 1. The van der Waals surface area contributed by atoms with Crippen molar-refractivity contribution in [3.05, 3.63) is 35.4 Å². The third-order valence-corrected chi connectivity index (χ3v) is 4.45. The fourth-order valence-electron chi connectivity index (χ4n) is 2.98. The van der Waals surface area contributed by atoms with Crippen LogP contribution in [0.5, 0.6) is 0 Å². The van der Waals surface area contributed by atoms with Crippen molar-refractivity contribution < 1.29 is 19.2 Å². The first-order valence-corrected chi connectivity index (χ1v) is 8.20. The number of nitrogens with zero attached hydrogens (tertiary/aromatic N) is 1. The van der Waals surface area contributed by atoms with Crippen LogP contribution in [-0.4, -0.2) is 40.5 Å². The summed E-state index contributed by atoms with van der Waals surface area (Å²) >= 11 is 0. The lowest BCUT2D eigenvalue weighted by atomic mass is 10.0. The monoisotopic (exact) mass is 328 g/mol. The van der Waals surface area contributed by atoms with Crippen LogP contribution in [0.3, 0.4) is 0 Å². The minimum atomic E-state index is -0.716. The summed E-state index contributed by atoms with van der Waals surface area (Å²) in [7, 11) is 0. The number of imide groups is 1. The average molecular weight is 328 g/mol. The largest absolute Gasteiger partial charge is 0.327 e. The number of carbonyl (C=O) groups excluding carboxylic acids is 4. The van der Waals surface area contributed by atoms with Crippen LogP contribution in [0.4, 0.5) is 0 Å². The van der Waals surface area contributed by atoms with E-state index in [2.05, 4.69) is 5.32 Å². The molecule has 1 aliphatic heterocycles. The van der Waals surface area contributed by atoms with Crippen LogP contribution in [-0.2, 0) is 14.4 Å². The second-order valence-corrected chi connectivity index (χ2v) is 6.45. The van der Waals surface area contributed by atoms with E-state index in [9.17, 15) is 19.2 Å². The molecule has 1 saturated carbocycles. The quantitative estimate of drug-likeness (QED) is 0.631. The fraction of sp³-hybridized carbons (Fsp3) is 0.444. The maximum absolute atomic E-state index is 12.5. The number of benzene rings is 1. The number of carbonyl (C=O) groups is 4. The maximum Gasteiger partial charge on any atom is 0.249 e. The molecule has 3 amide bonds. The zero-order chi connectivity index (χ0) is 17.3. The number of amides is 3. The standard InChI is InChI=1S/C18H20N2O4/c1-11-2-4-12(5-3-11)15(21)8-9-17(23)20(13-6-7-13)14-10-16(22)19-18(14)24/h2-5,13-14H,6-10H2,1H3,(H,19,22,24). The molecule has 3 rings (SSSR count). The topological polar surface area (TPSA) is 83.6 Å². The molecular weight excluding hydrogens is 308 g/mol. The van der Waals surface area contributed by atoms with Crippen molar-refractivity contribution in [3.8, 4) is 0 Å². The summed E-state index contributed by atoms with van der Waals surface area (Å²) in [5.41, 5.74) is 1.65. The van der Waals surface area contributed by atoms with Gasteiger partial charge in [-0.2, -0.15) is 0 Å².